The predicted molar refractivity (Wildman–Crippen MR) is 70.3 cm³/mol. The van der Waals surface area contributed by atoms with Gasteiger partial charge in [-0.15, -0.1) is 0 Å². The van der Waals surface area contributed by atoms with Gasteiger partial charge in [0.05, 0.1) is 12.1 Å². The Hall–Kier alpha value is -0.650. The number of nitrogens with two attached hydrogens (primary N) is 1. The largest absolute Gasteiger partial charge is 0.385 e. The Kier molecular flexibility index (Phi) is 7.23. The molecule has 2 atom stereocenters. The lowest BCUT2D eigenvalue weighted by Gasteiger charge is -2.34. The van der Waals surface area contributed by atoms with E-state index in [1.165, 1.54) is 0 Å². The summed E-state index contributed by atoms with van der Waals surface area (Å²) in [5.74, 6) is 0.0514. The number of nitrogens with zero attached hydrogens (tertiary/aromatic N) is 1. The third kappa shape index (κ3) is 4.92. The molecule has 5 heteroatoms. The molecule has 0 aromatic heterocycles. The number of piperidine rings is 1. The lowest BCUT2D eigenvalue weighted by molar-refractivity contribution is -0.136. The van der Waals surface area contributed by atoms with Crippen LogP contribution in [0.1, 0.15) is 32.6 Å². The predicted octanol–water partition coefficient (Wildman–Crippen LogP) is 0.768. The molecular weight excluding hydrogens is 232 g/mol. The van der Waals surface area contributed by atoms with Gasteiger partial charge in [0, 0.05) is 33.4 Å². The van der Waals surface area contributed by atoms with Crippen molar-refractivity contribution in [1.29, 1.82) is 0 Å². The summed E-state index contributed by atoms with van der Waals surface area (Å²) in [6.07, 6.45) is 3.73. The highest BCUT2D eigenvalue weighted by molar-refractivity contribution is 5.81. The van der Waals surface area contributed by atoms with Crippen LogP contribution in [-0.2, 0) is 14.3 Å². The van der Waals surface area contributed by atoms with E-state index in [-0.39, 0.29) is 12.0 Å². The van der Waals surface area contributed by atoms with E-state index in [1.54, 1.807) is 7.11 Å². The molecule has 0 aromatic rings. The molecule has 18 heavy (non-hydrogen) atoms. The van der Waals surface area contributed by atoms with E-state index in [1.807, 2.05) is 11.8 Å². The molecule has 2 N–H and O–H groups in total. The second-order valence-electron chi connectivity index (χ2n) is 4.75. The molecular formula is C13H26N2O3. The summed E-state index contributed by atoms with van der Waals surface area (Å²) >= 11 is 0. The quantitative estimate of drug-likeness (QED) is 0.685. The molecule has 1 amide bonds. The highest BCUT2D eigenvalue weighted by Crippen LogP contribution is 2.14. The van der Waals surface area contributed by atoms with E-state index in [0.717, 1.165) is 25.8 Å². The van der Waals surface area contributed by atoms with Crippen molar-refractivity contribution >= 4 is 5.91 Å². The zero-order valence-electron chi connectivity index (χ0n) is 11.6. The minimum atomic E-state index is -0.402. The minimum absolute atomic E-state index is 0.0514. The smallest absolute Gasteiger partial charge is 0.239 e. The average Bonchev–Trinajstić information content (AvgIpc) is 2.39. The Balaban J connectivity index is 2.35. The Morgan fingerprint density at radius 2 is 2.33 bits per heavy atom. The topological polar surface area (TPSA) is 64.8 Å². The van der Waals surface area contributed by atoms with Gasteiger partial charge in [-0.05, 0) is 32.6 Å². The fourth-order valence-corrected chi connectivity index (χ4v) is 2.32. The van der Waals surface area contributed by atoms with Crippen molar-refractivity contribution < 1.29 is 14.3 Å². The Morgan fingerprint density at radius 1 is 1.56 bits per heavy atom. The van der Waals surface area contributed by atoms with Crippen LogP contribution in [0.25, 0.3) is 0 Å². The molecule has 2 unspecified atom stereocenters. The molecule has 0 bridgehead atoms. The lowest BCUT2D eigenvalue weighted by Crippen LogP contribution is -2.49. The van der Waals surface area contributed by atoms with Gasteiger partial charge in [-0.2, -0.15) is 0 Å². The second kappa shape index (κ2) is 8.45. The van der Waals surface area contributed by atoms with Crippen LogP contribution in [0.5, 0.6) is 0 Å². The number of hydrogen-bond donors (Lipinski definition) is 1. The first-order chi connectivity index (χ1) is 8.69. The van der Waals surface area contributed by atoms with Crippen molar-refractivity contribution in [3.63, 3.8) is 0 Å². The van der Waals surface area contributed by atoms with Crippen LogP contribution in [-0.4, -0.2) is 56.4 Å². The first-order valence-corrected chi connectivity index (χ1v) is 6.84. The highest BCUT2D eigenvalue weighted by atomic mass is 16.5. The van der Waals surface area contributed by atoms with Crippen LogP contribution in [0, 0.1) is 0 Å². The fourth-order valence-electron chi connectivity index (χ4n) is 2.32. The van der Waals surface area contributed by atoms with Crippen molar-refractivity contribution in [1.82, 2.24) is 4.90 Å². The minimum Gasteiger partial charge on any atom is -0.385 e. The van der Waals surface area contributed by atoms with Gasteiger partial charge >= 0.3 is 0 Å². The van der Waals surface area contributed by atoms with Crippen LogP contribution in [0.15, 0.2) is 0 Å². The monoisotopic (exact) mass is 258 g/mol. The van der Waals surface area contributed by atoms with Crippen LogP contribution in [0.4, 0.5) is 0 Å². The summed E-state index contributed by atoms with van der Waals surface area (Å²) in [7, 11) is 1.66. The van der Waals surface area contributed by atoms with Crippen molar-refractivity contribution in [3.8, 4) is 0 Å². The van der Waals surface area contributed by atoms with E-state index in [9.17, 15) is 4.79 Å². The van der Waals surface area contributed by atoms with Gasteiger partial charge in [0.15, 0.2) is 0 Å². The lowest BCUT2D eigenvalue weighted by atomic mass is 10.1. The molecule has 1 fully saturated rings. The fraction of sp³-hybridized carbons (Fsp3) is 0.923. The summed E-state index contributed by atoms with van der Waals surface area (Å²) in [6.45, 7) is 4.83. The molecule has 0 saturated carbocycles. The third-order valence-corrected chi connectivity index (χ3v) is 3.27. The van der Waals surface area contributed by atoms with Gasteiger partial charge in [0.1, 0.15) is 0 Å². The van der Waals surface area contributed by atoms with Gasteiger partial charge in [0.2, 0.25) is 5.91 Å². The summed E-state index contributed by atoms with van der Waals surface area (Å²) in [6, 6.07) is -0.402. The summed E-state index contributed by atoms with van der Waals surface area (Å²) in [4.78, 5) is 14.0. The number of carbonyl (C=O) groups excluding carboxylic acids is 1. The number of rotatable bonds is 7. The van der Waals surface area contributed by atoms with E-state index in [0.29, 0.717) is 26.2 Å². The summed E-state index contributed by atoms with van der Waals surface area (Å²) in [5.41, 5.74) is 5.92. The molecule has 1 aliphatic rings. The van der Waals surface area contributed by atoms with Crippen LogP contribution >= 0.6 is 0 Å². The second-order valence-corrected chi connectivity index (χ2v) is 4.75. The van der Waals surface area contributed by atoms with Crippen molar-refractivity contribution in [2.24, 2.45) is 5.73 Å². The molecule has 5 nitrogen and oxygen atoms in total. The molecule has 1 aliphatic heterocycles. The molecule has 1 rings (SSSR count). The van der Waals surface area contributed by atoms with E-state index >= 15 is 0 Å². The molecule has 0 radical (unpaired) electrons. The maximum Gasteiger partial charge on any atom is 0.239 e. The van der Waals surface area contributed by atoms with E-state index in [2.05, 4.69) is 0 Å². The van der Waals surface area contributed by atoms with Crippen LogP contribution in [0.2, 0.25) is 0 Å². The molecule has 1 heterocycles. The number of hydrogen-bond acceptors (Lipinski definition) is 4. The first-order valence-electron chi connectivity index (χ1n) is 6.84. The maximum absolute atomic E-state index is 12.1. The van der Waals surface area contributed by atoms with Crippen molar-refractivity contribution in [2.75, 3.05) is 33.4 Å². The molecule has 0 aromatic carbocycles. The van der Waals surface area contributed by atoms with Gasteiger partial charge in [-0.3, -0.25) is 4.79 Å². The number of amides is 1. The van der Waals surface area contributed by atoms with Crippen molar-refractivity contribution in [3.05, 3.63) is 0 Å². The SMILES string of the molecule is CCOC1CCCN(C(=O)C(N)CCCOC)C1. The molecule has 0 spiro atoms. The normalized spacial score (nSPS) is 21.9. The maximum atomic E-state index is 12.1. The van der Waals surface area contributed by atoms with E-state index < -0.39 is 6.04 Å². The summed E-state index contributed by atoms with van der Waals surface area (Å²) in [5, 5.41) is 0. The number of methoxy groups -OCH3 is 1. The summed E-state index contributed by atoms with van der Waals surface area (Å²) < 4.78 is 10.6. The highest BCUT2D eigenvalue weighted by Gasteiger charge is 2.26. The van der Waals surface area contributed by atoms with Crippen molar-refractivity contribution in [2.45, 2.75) is 44.8 Å². The Bertz CT molecular complexity index is 246. The molecule has 1 saturated heterocycles. The average molecular weight is 258 g/mol. The third-order valence-electron chi connectivity index (χ3n) is 3.27. The molecule has 0 aliphatic carbocycles. The van der Waals surface area contributed by atoms with Crippen LogP contribution < -0.4 is 5.73 Å². The Morgan fingerprint density at radius 3 is 3.00 bits per heavy atom. The number of likely N-dealkylation sites (tertiary alicyclic amines) is 1. The van der Waals surface area contributed by atoms with E-state index in [4.69, 9.17) is 15.2 Å². The zero-order valence-corrected chi connectivity index (χ0v) is 11.6. The number of carbonyl (C=O) groups is 1. The van der Waals surface area contributed by atoms with Gasteiger partial charge in [-0.1, -0.05) is 0 Å². The first kappa shape index (κ1) is 15.4. The van der Waals surface area contributed by atoms with Gasteiger partial charge in [-0.25, -0.2) is 0 Å². The van der Waals surface area contributed by atoms with Crippen LogP contribution in [0.3, 0.4) is 0 Å². The number of ether oxygens (including phenoxy) is 2. The van der Waals surface area contributed by atoms with Gasteiger partial charge in [0.25, 0.3) is 0 Å². The Labute approximate surface area is 110 Å². The van der Waals surface area contributed by atoms with Gasteiger partial charge < -0.3 is 20.1 Å². The standard InChI is InChI=1S/C13H26N2O3/c1-3-18-11-6-4-8-15(10-11)13(16)12(14)7-5-9-17-2/h11-12H,3-10,14H2,1-2H3. The molecule has 106 valence electrons. The zero-order chi connectivity index (χ0) is 13.4.